The van der Waals surface area contributed by atoms with Crippen LogP contribution in [0.15, 0.2) is 6.07 Å². The third-order valence-corrected chi connectivity index (χ3v) is 3.00. The molecule has 1 aliphatic heterocycles. The van der Waals surface area contributed by atoms with E-state index in [2.05, 4.69) is 10.2 Å². The number of nitrogens with two attached hydrogens (primary N) is 1. The number of aromatic nitrogens is 2. The molecule has 17 heavy (non-hydrogen) atoms. The number of carbonyl (C=O) groups excluding carboxylic acids is 1. The lowest BCUT2D eigenvalue weighted by Crippen LogP contribution is -2.35. The van der Waals surface area contributed by atoms with Crippen molar-refractivity contribution in [1.82, 2.24) is 15.1 Å². The zero-order valence-electron chi connectivity index (χ0n) is 9.98. The lowest BCUT2D eigenvalue weighted by Gasteiger charge is -2.22. The molecule has 1 aromatic heterocycles. The van der Waals surface area contributed by atoms with Crippen LogP contribution in [-0.4, -0.2) is 47.3 Å². The molecule has 2 heterocycles. The summed E-state index contributed by atoms with van der Waals surface area (Å²) >= 11 is 0. The molecule has 1 amide bonds. The number of amides is 1. The molecule has 6 nitrogen and oxygen atoms in total. The first-order valence-electron chi connectivity index (χ1n) is 5.88. The molecule has 94 valence electrons. The smallest absolute Gasteiger partial charge is 0.271 e. The fraction of sp³-hybridized carbons (Fsp3) is 0.636. The monoisotopic (exact) mass is 238 g/mol. The molecule has 1 aliphatic rings. The number of ether oxygens (including phenoxy) is 1. The highest BCUT2D eigenvalue weighted by atomic mass is 16.5. The van der Waals surface area contributed by atoms with E-state index in [1.807, 2.05) is 6.92 Å². The number of hydrogen-bond donors (Lipinski definition) is 2. The zero-order chi connectivity index (χ0) is 12.3. The minimum atomic E-state index is -0.0522. The van der Waals surface area contributed by atoms with E-state index < -0.39 is 0 Å². The standard InChI is InChI=1S/C11H18N4O2/c1-2-15(6-8-3-4-17-7-8)11(16)9-5-10(12)14-13-9/h5,8H,2-4,6-7H2,1H3,(H3,12,13,14). The van der Waals surface area contributed by atoms with Crippen molar-refractivity contribution >= 4 is 11.7 Å². The van der Waals surface area contributed by atoms with Gasteiger partial charge in [-0.1, -0.05) is 0 Å². The maximum absolute atomic E-state index is 12.1. The fourth-order valence-electron chi connectivity index (χ4n) is 2.01. The Hall–Kier alpha value is -1.56. The normalized spacial score (nSPS) is 19.5. The van der Waals surface area contributed by atoms with Crippen molar-refractivity contribution in [2.75, 3.05) is 32.0 Å². The first-order chi connectivity index (χ1) is 8.20. The van der Waals surface area contributed by atoms with Crippen LogP contribution in [0.25, 0.3) is 0 Å². The van der Waals surface area contributed by atoms with E-state index in [9.17, 15) is 4.79 Å². The van der Waals surface area contributed by atoms with Gasteiger partial charge in [0.25, 0.3) is 5.91 Å². The third-order valence-electron chi connectivity index (χ3n) is 3.00. The molecule has 0 bridgehead atoms. The van der Waals surface area contributed by atoms with Crippen molar-refractivity contribution in [3.8, 4) is 0 Å². The highest BCUT2D eigenvalue weighted by Crippen LogP contribution is 2.15. The molecule has 0 spiro atoms. The Morgan fingerprint density at radius 1 is 1.76 bits per heavy atom. The second kappa shape index (κ2) is 5.18. The molecule has 1 atom stereocenters. The molecule has 1 saturated heterocycles. The molecule has 0 radical (unpaired) electrons. The van der Waals surface area contributed by atoms with Gasteiger partial charge in [-0.25, -0.2) is 0 Å². The van der Waals surface area contributed by atoms with Crippen LogP contribution in [0.1, 0.15) is 23.8 Å². The van der Waals surface area contributed by atoms with Gasteiger partial charge in [0.1, 0.15) is 11.5 Å². The van der Waals surface area contributed by atoms with Gasteiger partial charge in [0.05, 0.1) is 6.61 Å². The maximum atomic E-state index is 12.1. The maximum Gasteiger partial charge on any atom is 0.271 e. The highest BCUT2D eigenvalue weighted by Gasteiger charge is 2.23. The highest BCUT2D eigenvalue weighted by molar-refractivity contribution is 5.92. The number of carbonyl (C=O) groups is 1. The second-order valence-electron chi connectivity index (χ2n) is 4.28. The van der Waals surface area contributed by atoms with E-state index in [1.54, 1.807) is 11.0 Å². The third kappa shape index (κ3) is 2.76. The van der Waals surface area contributed by atoms with E-state index >= 15 is 0 Å². The number of H-pyrrole nitrogens is 1. The van der Waals surface area contributed by atoms with Crippen molar-refractivity contribution < 1.29 is 9.53 Å². The quantitative estimate of drug-likeness (QED) is 0.799. The summed E-state index contributed by atoms with van der Waals surface area (Å²) in [6, 6.07) is 1.57. The van der Waals surface area contributed by atoms with Crippen LogP contribution in [0.3, 0.4) is 0 Å². The van der Waals surface area contributed by atoms with Gasteiger partial charge in [-0.2, -0.15) is 5.10 Å². The Labute approximate surface area is 100 Å². The Bertz CT molecular complexity index is 385. The molecule has 1 unspecified atom stereocenters. The van der Waals surface area contributed by atoms with Crippen molar-refractivity contribution in [3.63, 3.8) is 0 Å². The van der Waals surface area contributed by atoms with Crippen LogP contribution in [0.2, 0.25) is 0 Å². The first-order valence-corrected chi connectivity index (χ1v) is 5.88. The van der Waals surface area contributed by atoms with E-state index in [1.165, 1.54) is 0 Å². The lowest BCUT2D eigenvalue weighted by atomic mass is 10.1. The average molecular weight is 238 g/mol. The second-order valence-corrected chi connectivity index (χ2v) is 4.28. The molecule has 1 aromatic rings. The minimum Gasteiger partial charge on any atom is -0.382 e. The van der Waals surface area contributed by atoms with E-state index in [4.69, 9.17) is 10.5 Å². The van der Waals surface area contributed by atoms with Crippen LogP contribution in [0.4, 0.5) is 5.82 Å². The van der Waals surface area contributed by atoms with Crippen LogP contribution in [-0.2, 0) is 4.74 Å². The fourth-order valence-corrected chi connectivity index (χ4v) is 2.01. The predicted molar refractivity (Wildman–Crippen MR) is 63.5 cm³/mol. The first kappa shape index (κ1) is 11.9. The minimum absolute atomic E-state index is 0.0522. The number of rotatable bonds is 4. The number of hydrogen-bond acceptors (Lipinski definition) is 4. The topological polar surface area (TPSA) is 84.2 Å². The lowest BCUT2D eigenvalue weighted by molar-refractivity contribution is 0.0725. The summed E-state index contributed by atoms with van der Waals surface area (Å²) in [5.41, 5.74) is 5.94. The Morgan fingerprint density at radius 2 is 2.59 bits per heavy atom. The van der Waals surface area contributed by atoms with E-state index in [-0.39, 0.29) is 5.91 Å². The summed E-state index contributed by atoms with van der Waals surface area (Å²) in [7, 11) is 0. The van der Waals surface area contributed by atoms with Crippen LogP contribution in [0.5, 0.6) is 0 Å². The van der Waals surface area contributed by atoms with Gasteiger partial charge >= 0.3 is 0 Å². The molecule has 2 rings (SSSR count). The largest absolute Gasteiger partial charge is 0.382 e. The van der Waals surface area contributed by atoms with Gasteiger partial charge in [-0.15, -0.1) is 0 Å². The average Bonchev–Trinajstić information content (AvgIpc) is 2.96. The number of nitrogen functional groups attached to an aromatic ring is 1. The Balaban J connectivity index is 1.99. The van der Waals surface area contributed by atoms with Crippen molar-refractivity contribution in [3.05, 3.63) is 11.8 Å². The summed E-state index contributed by atoms with van der Waals surface area (Å²) in [5, 5.41) is 6.41. The molecule has 1 fully saturated rings. The van der Waals surface area contributed by atoms with Crippen molar-refractivity contribution in [1.29, 1.82) is 0 Å². The van der Waals surface area contributed by atoms with Gasteiger partial charge in [0.2, 0.25) is 0 Å². The van der Waals surface area contributed by atoms with Crippen molar-refractivity contribution in [2.24, 2.45) is 5.92 Å². The molecular weight excluding hydrogens is 220 g/mol. The summed E-state index contributed by atoms with van der Waals surface area (Å²) in [6.07, 6.45) is 1.02. The van der Waals surface area contributed by atoms with Gasteiger partial charge in [-0.3, -0.25) is 9.89 Å². The van der Waals surface area contributed by atoms with Crippen LogP contribution in [0, 0.1) is 5.92 Å². The van der Waals surface area contributed by atoms with Gasteiger partial charge < -0.3 is 15.4 Å². The van der Waals surface area contributed by atoms with Crippen molar-refractivity contribution in [2.45, 2.75) is 13.3 Å². The molecular formula is C11H18N4O2. The molecule has 0 aromatic carbocycles. The Kier molecular flexibility index (Phi) is 3.63. The number of aromatic amines is 1. The van der Waals surface area contributed by atoms with E-state index in [0.717, 1.165) is 26.2 Å². The van der Waals surface area contributed by atoms with Gasteiger partial charge in [-0.05, 0) is 13.3 Å². The SMILES string of the molecule is CCN(CC1CCOC1)C(=O)c1cc(N)n[nH]1. The summed E-state index contributed by atoms with van der Waals surface area (Å²) in [6.45, 7) is 4.91. The molecule has 6 heteroatoms. The molecule has 0 aliphatic carbocycles. The predicted octanol–water partition coefficient (Wildman–Crippen LogP) is 0.490. The zero-order valence-corrected chi connectivity index (χ0v) is 9.98. The summed E-state index contributed by atoms with van der Waals surface area (Å²) < 4.78 is 5.31. The molecule has 0 saturated carbocycles. The summed E-state index contributed by atoms with van der Waals surface area (Å²) in [5.74, 6) is 0.733. The van der Waals surface area contributed by atoms with Gasteiger partial charge in [0, 0.05) is 31.7 Å². The number of nitrogens with zero attached hydrogens (tertiary/aromatic N) is 2. The van der Waals surface area contributed by atoms with Crippen LogP contribution < -0.4 is 5.73 Å². The number of nitrogens with one attached hydrogen (secondary N) is 1. The Morgan fingerprint density at radius 3 is 3.12 bits per heavy atom. The van der Waals surface area contributed by atoms with Crippen LogP contribution >= 0.6 is 0 Å². The summed E-state index contributed by atoms with van der Waals surface area (Å²) in [4.78, 5) is 13.9. The van der Waals surface area contributed by atoms with E-state index in [0.29, 0.717) is 24.0 Å². The molecule has 3 N–H and O–H groups in total. The van der Waals surface area contributed by atoms with Gasteiger partial charge in [0.15, 0.2) is 0 Å². The number of anilines is 1.